The summed E-state index contributed by atoms with van der Waals surface area (Å²) in [5.41, 5.74) is -1.10. The zero-order chi connectivity index (χ0) is 14.4. The van der Waals surface area contributed by atoms with Crippen LogP contribution in [0.25, 0.3) is 0 Å². The maximum atomic E-state index is 12.7. The second kappa shape index (κ2) is 4.53. The van der Waals surface area contributed by atoms with E-state index in [9.17, 15) is 23.1 Å². The Hall–Kier alpha value is -1.54. The lowest BCUT2D eigenvalue weighted by Crippen LogP contribution is -2.35. The molecule has 1 saturated heterocycles. The van der Waals surface area contributed by atoms with Crippen LogP contribution in [0.3, 0.4) is 0 Å². The average molecular weight is 296 g/mol. The Balaban J connectivity index is 2.45. The van der Waals surface area contributed by atoms with Gasteiger partial charge in [-0.05, 0) is 6.07 Å². The van der Waals surface area contributed by atoms with E-state index in [0.717, 1.165) is 11.1 Å². The van der Waals surface area contributed by atoms with E-state index in [1.54, 1.807) is 0 Å². The van der Waals surface area contributed by atoms with Crippen LogP contribution in [0.15, 0.2) is 12.3 Å². The second-order valence-corrected chi connectivity index (χ2v) is 4.44. The van der Waals surface area contributed by atoms with Crippen molar-refractivity contribution in [1.82, 2.24) is 9.88 Å². The fourth-order valence-corrected chi connectivity index (χ4v) is 1.95. The first kappa shape index (κ1) is 13.9. The second-order valence-electron chi connectivity index (χ2n) is 4.03. The first-order chi connectivity index (χ1) is 8.71. The molecule has 1 aromatic heterocycles. The van der Waals surface area contributed by atoms with E-state index in [2.05, 4.69) is 4.98 Å². The molecule has 0 bridgehead atoms. The number of carbonyl (C=O) groups is 1. The SMILES string of the molecule is CN1CC(O)N(c2cc(C(F)(F)F)c(Cl)cn2)C1=O. The lowest BCUT2D eigenvalue weighted by molar-refractivity contribution is -0.137. The molecule has 19 heavy (non-hydrogen) atoms. The van der Waals surface area contributed by atoms with Crippen LogP contribution in [-0.2, 0) is 6.18 Å². The van der Waals surface area contributed by atoms with Gasteiger partial charge in [0.2, 0.25) is 0 Å². The van der Waals surface area contributed by atoms with Gasteiger partial charge in [-0.1, -0.05) is 11.6 Å². The maximum Gasteiger partial charge on any atom is 0.418 e. The zero-order valence-electron chi connectivity index (χ0n) is 9.65. The summed E-state index contributed by atoms with van der Waals surface area (Å²) in [7, 11) is 1.42. The number of pyridine rings is 1. The molecule has 1 aliphatic rings. The minimum Gasteiger partial charge on any atom is -0.371 e. The number of likely N-dealkylation sites (N-methyl/N-ethyl adjacent to an activating group) is 1. The molecule has 0 spiro atoms. The molecule has 1 unspecified atom stereocenters. The van der Waals surface area contributed by atoms with Gasteiger partial charge in [-0.15, -0.1) is 0 Å². The van der Waals surface area contributed by atoms with E-state index in [0.29, 0.717) is 6.07 Å². The van der Waals surface area contributed by atoms with Crippen molar-refractivity contribution in [2.75, 3.05) is 18.5 Å². The van der Waals surface area contributed by atoms with Crippen LogP contribution in [0.1, 0.15) is 5.56 Å². The van der Waals surface area contributed by atoms with Crippen LogP contribution in [0.4, 0.5) is 23.8 Å². The van der Waals surface area contributed by atoms with Crippen molar-refractivity contribution in [1.29, 1.82) is 0 Å². The number of aromatic nitrogens is 1. The number of halogens is 4. The van der Waals surface area contributed by atoms with E-state index in [1.165, 1.54) is 11.9 Å². The number of rotatable bonds is 1. The quantitative estimate of drug-likeness (QED) is 0.861. The van der Waals surface area contributed by atoms with Gasteiger partial charge < -0.3 is 10.0 Å². The summed E-state index contributed by atoms with van der Waals surface area (Å²) in [4.78, 5) is 17.3. The molecule has 5 nitrogen and oxygen atoms in total. The van der Waals surface area contributed by atoms with Gasteiger partial charge in [-0.2, -0.15) is 13.2 Å². The molecule has 2 rings (SSSR count). The van der Waals surface area contributed by atoms with Crippen molar-refractivity contribution in [3.8, 4) is 0 Å². The van der Waals surface area contributed by atoms with Crippen LogP contribution in [0.5, 0.6) is 0 Å². The van der Waals surface area contributed by atoms with Gasteiger partial charge >= 0.3 is 12.2 Å². The summed E-state index contributed by atoms with van der Waals surface area (Å²) in [5.74, 6) is -0.293. The molecular weight excluding hydrogens is 287 g/mol. The van der Waals surface area contributed by atoms with E-state index < -0.39 is 29.0 Å². The minimum absolute atomic E-state index is 0.00943. The summed E-state index contributed by atoms with van der Waals surface area (Å²) in [6, 6.07) is 0.0123. The number of hydrogen-bond donors (Lipinski definition) is 1. The third-order valence-corrected chi connectivity index (χ3v) is 2.96. The third kappa shape index (κ3) is 2.45. The molecule has 2 amide bonds. The Bertz CT molecular complexity index is 523. The van der Waals surface area contributed by atoms with Crippen molar-refractivity contribution in [3.63, 3.8) is 0 Å². The van der Waals surface area contributed by atoms with E-state index >= 15 is 0 Å². The van der Waals surface area contributed by atoms with Crippen molar-refractivity contribution in [3.05, 3.63) is 22.8 Å². The number of nitrogens with zero attached hydrogens (tertiary/aromatic N) is 3. The number of carbonyl (C=O) groups excluding carboxylic acids is 1. The number of aliphatic hydroxyl groups excluding tert-OH is 1. The summed E-state index contributed by atoms with van der Waals surface area (Å²) in [6.45, 7) is -0.00943. The van der Waals surface area contributed by atoms with Gasteiger partial charge in [0.05, 0.1) is 17.1 Å². The van der Waals surface area contributed by atoms with Gasteiger partial charge in [-0.25, -0.2) is 14.7 Å². The van der Waals surface area contributed by atoms with E-state index in [1.807, 2.05) is 0 Å². The normalized spacial score (nSPS) is 20.3. The Morgan fingerprint density at radius 2 is 2.16 bits per heavy atom. The number of β-amino-alcohol motifs (C(OH)–C–C–N with tert-alkyl or cyclic N) is 1. The summed E-state index contributed by atoms with van der Waals surface area (Å²) < 4.78 is 38.1. The Morgan fingerprint density at radius 3 is 2.63 bits per heavy atom. The predicted molar refractivity (Wildman–Crippen MR) is 60.8 cm³/mol. The number of hydrogen-bond acceptors (Lipinski definition) is 3. The highest BCUT2D eigenvalue weighted by molar-refractivity contribution is 6.31. The highest BCUT2D eigenvalue weighted by Gasteiger charge is 2.39. The van der Waals surface area contributed by atoms with Gasteiger partial charge in [0, 0.05) is 13.2 Å². The van der Waals surface area contributed by atoms with Crippen molar-refractivity contribution in [2.24, 2.45) is 0 Å². The number of urea groups is 1. The van der Waals surface area contributed by atoms with Crippen LogP contribution < -0.4 is 4.90 Å². The fourth-order valence-electron chi connectivity index (χ4n) is 1.74. The highest BCUT2D eigenvalue weighted by Crippen LogP contribution is 2.36. The Labute approximate surface area is 111 Å². The molecule has 1 N–H and O–H groups in total. The van der Waals surface area contributed by atoms with E-state index in [4.69, 9.17) is 11.6 Å². The lowest BCUT2D eigenvalue weighted by atomic mass is 10.2. The predicted octanol–water partition coefficient (Wildman–Crippen LogP) is 1.94. The van der Waals surface area contributed by atoms with E-state index in [-0.39, 0.29) is 12.4 Å². The minimum atomic E-state index is -4.66. The first-order valence-corrected chi connectivity index (χ1v) is 5.54. The molecular formula is C10H9ClF3N3O2. The largest absolute Gasteiger partial charge is 0.418 e. The standard InChI is InChI=1S/C10H9ClF3N3O2/c1-16-4-8(18)17(9(16)19)7-2-5(10(12,13)14)6(11)3-15-7/h2-3,8,18H,4H2,1H3. The molecule has 104 valence electrons. The van der Waals surface area contributed by atoms with Crippen LogP contribution in [-0.4, -0.2) is 40.8 Å². The maximum absolute atomic E-state index is 12.7. The fraction of sp³-hybridized carbons (Fsp3) is 0.400. The van der Waals surface area contributed by atoms with Crippen LogP contribution in [0.2, 0.25) is 5.02 Å². The molecule has 1 aromatic rings. The monoisotopic (exact) mass is 295 g/mol. The molecule has 1 aliphatic heterocycles. The van der Waals surface area contributed by atoms with Crippen molar-refractivity contribution < 1.29 is 23.1 Å². The molecule has 1 fully saturated rings. The van der Waals surface area contributed by atoms with Crippen molar-refractivity contribution >= 4 is 23.4 Å². The Kier molecular flexibility index (Phi) is 3.31. The molecule has 0 aliphatic carbocycles. The van der Waals surface area contributed by atoms with Gasteiger partial charge in [0.1, 0.15) is 5.82 Å². The van der Waals surface area contributed by atoms with Crippen LogP contribution >= 0.6 is 11.6 Å². The van der Waals surface area contributed by atoms with Crippen molar-refractivity contribution in [2.45, 2.75) is 12.4 Å². The topological polar surface area (TPSA) is 56.7 Å². The molecule has 0 aromatic carbocycles. The lowest BCUT2D eigenvalue weighted by Gasteiger charge is -2.19. The molecule has 1 atom stereocenters. The number of aliphatic hydroxyl groups is 1. The van der Waals surface area contributed by atoms with Gasteiger partial charge in [0.15, 0.2) is 6.23 Å². The Morgan fingerprint density at radius 1 is 1.53 bits per heavy atom. The highest BCUT2D eigenvalue weighted by atomic mass is 35.5. The summed E-state index contributed by atoms with van der Waals surface area (Å²) >= 11 is 5.43. The number of amides is 2. The zero-order valence-corrected chi connectivity index (χ0v) is 10.4. The smallest absolute Gasteiger partial charge is 0.371 e. The summed E-state index contributed by atoms with van der Waals surface area (Å²) in [5, 5.41) is 9.09. The van der Waals surface area contributed by atoms with Gasteiger partial charge in [-0.3, -0.25) is 0 Å². The number of anilines is 1. The molecule has 9 heteroatoms. The third-order valence-electron chi connectivity index (χ3n) is 2.66. The molecule has 2 heterocycles. The number of alkyl halides is 3. The first-order valence-electron chi connectivity index (χ1n) is 5.17. The molecule has 0 saturated carbocycles. The van der Waals surface area contributed by atoms with Gasteiger partial charge in [0.25, 0.3) is 0 Å². The van der Waals surface area contributed by atoms with Crippen LogP contribution in [0, 0.1) is 0 Å². The summed E-state index contributed by atoms with van der Waals surface area (Å²) in [6.07, 6.45) is -5.10. The molecule has 0 radical (unpaired) electrons. The average Bonchev–Trinajstić information content (AvgIpc) is 2.53.